The van der Waals surface area contributed by atoms with E-state index in [4.69, 9.17) is 10.5 Å². The number of hydrogen-bond donors (Lipinski definition) is 2. The lowest BCUT2D eigenvalue weighted by molar-refractivity contribution is 0.386. The molecule has 1 rings (SSSR count). The number of rotatable bonds is 6. The summed E-state index contributed by atoms with van der Waals surface area (Å²) >= 11 is 0. The van der Waals surface area contributed by atoms with Crippen molar-refractivity contribution in [3.8, 4) is 5.75 Å². The number of nitrogens with two attached hydrogens (primary N) is 1. The number of methoxy groups -OCH3 is 1. The Labute approximate surface area is 104 Å². The van der Waals surface area contributed by atoms with Gasteiger partial charge in [0.15, 0.2) is 0 Å². The van der Waals surface area contributed by atoms with Crippen molar-refractivity contribution in [2.75, 3.05) is 13.7 Å². The van der Waals surface area contributed by atoms with Gasteiger partial charge in [0.1, 0.15) is 5.75 Å². The van der Waals surface area contributed by atoms with Crippen molar-refractivity contribution < 1.29 is 4.74 Å². The monoisotopic (exact) mass is 236 g/mol. The highest BCUT2D eigenvalue weighted by Gasteiger charge is 2.11. The number of hydrogen-bond acceptors (Lipinski definition) is 3. The van der Waals surface area contributed by atoms with Crippen LogP contribution in [-0.2, 0) is 6.54 Å². The van der Waals surface area contributed by atoms with Crippen LogP contribution in [0.3, 0.4) is 0 Å². The molecule has 0 fully saturated rings. The highest BCUT2D eigenvalue weighted by Crippen LogP contribution is 2.19. The largest absolute Gasteiger partial charge is 0.496 e. The Morgan fingerprint density at radius 3 is 2.59 bits per heavy atom. The minimum Gasteiger partial charge on any atom is -0.496 e. The van der Waals surface area contributed by atoms with E-state index in [1.807, 2.05) is 6.07 Å². The summed E-state index contributed by atoms with van der Waals surface area (Å²) in [6, 6.07) is 6.57. The first-order chi connectivity index (χ1) is 8.08. The molecule has 0 spiro atoms. The lowest BCUT2D eigenvalue weighted by Gasteiger charge is -2.21. The lowest BCUT2D eigenvalue weighted by atomic mass is 10.0. The smallest absolute Gasteiger partial charge is 0.123 e. The number of benzene rings is 1. The van der Waals surface area contributed by atoms with E-state index in [2.05, 4.69) is 38.2 Å². The standard InChI is InChI=1S/C14H24N2O/c1-10(2)13(8-15)16-9-12-7-11(3)5-6-14(12)17-4/h5-7,10,13,16H,8-9,15H2,1-4H3. The third-order valence-electron chi connectivity index (χ3n) is 3.05. The van der Waals surface area contributed by atoms with Crippen molar-refractivity contribution in [2.45, 2.75) is 33.4 Å². The average molecular weight is 236 g/mol. The molecule has 0 amide bonds. The zero-order valence-corrected chi connectivity index (χ0v) is 11.3. The van der Waals surface area contributed by atoms with Crippen molar-refractivity contribution in [3.63, 3.8) is 0 Å². The van der Waals surface area contributed by atoms with Crippen LogP contribution in [0.15, 0.2) is 18.2 Å². The van der Waals surface area contributed by atoms with Crippen LogP contribution in [0.1, 0.15) is 25.0 Å². The fourth-order valence-electron chi connectivity index (χ4n) is 1.88. The molecular formula is C14H24N2O. The molecule has 3 heteroatoms. The Balaban J connectivity index is 2.70. The second-order valence-corrected chi connectivity index (χ2v) is 4.78. The van der Waals surface area contributed by atoms with Crippen LogP contribution in [0.5, 0.6) is 5.75 Å². The summed E-state index contributed by atoms with van der Waals surface area (Å²) in [5.41, 5.74) is 8.18. The predicted octanol–water partition coefficient (Wildman–Crippen LogP) is 2.08. The molecular weight excluding hydrogens is 212 g/mol. The van der Waals surface area contributed by atoms with Gasteiger partial charge in [-0.05, 0) is 18.9 Å². The molecule has 17 heavy (non-hydrogen) atoms. The van der Waals surface area contributed by atoms with Gasteiger partial charge < -0.3 is 15.8 Å². The minimum atomic E-state index is 0.347. The van der Waals surface area contributed by atoms with Crippen LogP contribution in [-0.4, -0.2) is 19.7 Å². The summed E-state index contributed by atoms with van der Waals surface area (Å²) in [4.78, 5) is 0. The van der Waals surface area contributed by atoms with Gasteiger partial charge in [-0.3, -0.25) is 0 Å². The zero-order chi connectivity index (χ0) is 12.8. The summed E-state index contributed by atoms with van der Waals surface area (Å²) in [5, 5.41) is 3.48. The first kappa shape index (κ1) is 14.0. The van der Waals surface area contributed by atoms with E-state index in [9.17, 15) is 0 Å². The van der Waals surface area contributed by atoms with Crippen LogP contribution >= 0.6 is 0 Å². The van der Waals surface area contributed by atoms with Gasteiger partial charge in [0.05, 0.1) is 7.11 Å². The van der Waals surface area contributed by atoms with Crippen molar-refractivity contribution in [3.05, 3.63) is 29.3 Å². The number of nitrogens with one attached hydrogen (secondary N) is 1. The molecule has 0 heterocycles. The summed E-state index contributed by atoms with van der Waals surface area (Å²) < 4.78 is 5.36. The fraction of sp³-hybridized carbons (Fsp3) is 0.571. The average Bonchev–Trinajstić information content (AvgIpc) is 2.29. The Hall–Kier alpha value is -1.06. The Morgan fingerprint density at radius 2 is 2.06 bits per heavy atom. The van der Waals surface area contributed by atoms with Gasteiger partial charge in [0.25, 0.3) is 0 Å². The van der Waals surface area contributed by atoms with Crippen LogP contribution < -0.4 is 15.8 Å². The molecule has 96 valence electrons. The second-order valence-electron chi connectivity index (χ2n) is 4.78. The molecule has 0 radical (unpaired) electrons. The van der Waals surface area contributed by atoms with E-state index < -0.39 is 0 Å². The van der Waals surface area contributed by atoms with E-state index in [1.165, 1.54) is 11.1 Å². The summed E-state index contributed by atoms with van der Waals surface area (Å²) in [6.07, 6.45) is 0. The predicted molar refractivity (Wildman–Crippen MR) is 72.3 cm³/mol. The third-order valence-corrected chi connectivity index (χ3v) is 3.05. The van der Waals surface area contributed by atoms with Crippen LogP contribution in [0, 0.1) is 12.8 Å². The SMILES string of the molecule is COc1ccc(C)cc1CNC(CN)C(C)C. The molecule has 0 aliphatic rings. The maximum atomic E-state index is 5.74. The summed E-state index contributed by atoms with van der Waals surface area (Å²) in [5.74, 6) is 1.47. The third kappa shape index (κ3) is 4.02. The highest BCUT2D eigenvalue weighted by molar-refractivity contribution is 5.36. The molecule has 0 aliphatic carbocycles. The van der Waals surface area contributed by atoms with E-state index in [0.29, 0.717) is 18.5 Å². The summed E-state index contributed by atoms with van der Waals surface area (Å²) in [7, 11) is 1.71. The first-order valence-electron chi connectivity index (χ1n) is 6.15. The van der Waals surface area contributed by atoms with Gasteiger partial charge in [0, 0.05) is 24.7 Å². The van der Waals surface area contributed by atoms with Crippen molar-refractivity contribution in [1.29, 1.82) is 0 Å². The van der Waals surface area contributed by atoms with E-state index in [1.54, 1.807) is 7.11 Å². The van der Waals surface area contributed by atoms with Crippen molar-refractivity contribution >= 4 is 0 Å². The van der Waals surface area contributed by atoms with Crippen LogP contribution in [0.2, 0.25) is 0 Å². The lowest BCUT2D eigenvalue weighted by Crippen LogP contribution is -2.39. The van der Waals surface area contributed by atoms with Gasteiger partial charge in [-0.25, -0.2) is 0 Å². The van der Waals surface area contributed by atoms with E-state index >= 15 is 0 Å². The van der Waals surface area contributed by atoms with Crippen molar-refractivity contribution in [1.82, 2.24) is 5.32 Å². The molecule has 1 aromatic carbocycles. The molecule has 3 nitrogen and oxygen atoms in total. The molecule has 0 saturated heterocycles. The maximum absolute atomic E-state index is 5.74. The molecule has 1 unspecified atom stereocenters. The quantitative estimate of drug-likeness (QED) is 0.795. The highest BCUT2D eigenvalue weighted by atomic mass is 16.5. The van der Waals surface area contributed by atoms with Gasteiger partial charge in [0.2, 0.25) is 0 Å². The molecule has 0 aliphatic heterocycles. The van der Waals surface area contributed by atoms with E-state index in [-0.39, 0.29) is 0 Å². The molecule has 3 N–H and O–H groups in total. The molecule has 0 saturated carbocycles. The van der Waals surface area contributed by atoms with Crippen LogP contribution in [0.25, 0.3) is 0 Å². The van der Waals surface area contributed by atoms with Crippen molar-refractivity contribution in [2.24, 2.45) is 11.7 Å². The number of aryl methyl sites for hydroxylation is 1. The molecule has 0 aromatic heterocycles. The topological polar surface area (TPSA) is 47.3 Å². The second kappa shape index (κ2) is 6.62. The van der Waals surface area contributed by atoms with Gasteiger partial charge in [-0.2, -0.15) is 0 Å². The molecule has 1 atom stereocenters. The first-order valence-corrected chi connectivity index (χ1v) is 6.15. The Morgan fingerprint density at radius 1 is 1.35 bits per heavy atom. The van der Waals surface area contributed by atoms with Gasteiger partial charge in [-0.1, -0.05) is 31.5 Å². The molecule has 1 aromatic rings. The van der Waals surface area contributed by atoms with Crippen LogP contribution in [0.4, 0.5) is 0 Å². The summed E-state index contributed by atoms with van der Waals surface area (Å²) in [6.45, 7) is 7.90. The Kier molecular flexibility index (Phi) is 5.45. The fourth-order valence-corrected chi connectivity index (χ4v) is 1.88. The maximum Gasteiger partial charge on any atom is 0.123 e. The minimum absolute atomic E-state index is 0.347. The number of ether oxygens (including phenoxy) is 1. The van der Waals surface area contributed by atoms with E-state index in [0.717, 1.165) is 12.3 Å². The zero-order valence-electron chi connectivity index (χ0n) is 11.3. The molecule has 0 bridgehead atoms. The van der Waals surface area contributed by atoms with Gasteiger partial charge in [-0.15, -0.1) is 0 Å². The Bertz CT molecular complexity index is 350. The van der Waals surface area contributed by atoms with Gasteiger partial charge >= 0.3 is 0 Å². The normalized spacial score (nSPS) is 12.8.